The molecule has 4 amide bonds. The Kier molecular flexibility index (Phi) is 4.30. The first-order valence-electron chi connectivity index (χ1n) is 8.47. The van der Waals surface area contributed by atoms with Gasteiger partial charge in [-0.05, 0) is 24.3 Å². The summed E-state index contributed by atoms with van der Waals surface area (Å²) < 4.78 is 14.6. The first kappa shape index (κ1) is 18.3. The highest BCUT2D eigenvalue weighted by Gasteiger charge is 2.50. The number of imide groups is 1. The third kappa shape index (κ3) is 3.20. The number of aromatic nitrogens is 5. The second-order valence-corrected chi connectivity index (χ2v) is 6.35. The van der Waals surface area contributed by atoms with Gasteiger partial charge in [0, 0.05) is 19.4 Å². The number of imidazole rings is 1. The first-order chi connectivity index (χ1) is 13.9. The van der Waals surface area contributed by atoms with Gasteiger partial charge >= 0.3 is 6.03 Å². The number of benzene rings is 1. The molecule has 148 valence electrons. The van der Waals surface area contributed by atoms with Gasteiger partial charge in [-0.15, -0.1) is 5.10 Å². The lowest BCUT2D eigenvalue weighted by Gasteiger charge is -2.25. The number of urea groups is 1. The van der Waals surface area contributed by atoms with Gasteiger partial charge in [-0.2, -0.15) is 9.90 Å². The molecular weight excluding hydrogens is 383 g/mol. The molecule has 2 aromatic heterocycles. The van der Waals surface area contributed by atoms with E-state index in [-0.39, 0.29) is 18.1 Å². The highest BCUT2D eigenvalue weighted by atomic mass is 19.1. The number of carbonyl (C=O) groups excluding carboxylic acids is 3. The van der Waals surface area contributed by atoms with E-state index in [4.69, 9.17) is 0 Å². The molecule has 1 aliphatic heterocycles. The lowest BCUT2D eigenvalue weighted by molar-refractivity contribution is -0.124. The van der Waals surface area contributed by atoms with Gasteiger partial charge in [-0.1, -0.05) is 0 Å². The zero-order valence-corrected chi connectivity index (χ0v) is 15.1. The highest BCUT2D eigenvalue weighted by Crippen LogP contribution is 2.22. The van der Waals surface area contributed by atoms with Crippen molar-refractivity contribution in [2.75, 3.05) is 6.54 Å². The predicted octanol–water partition coefficient (Wildman–Crippen LogP) is -0.395. The number of nitrogens with one attached hydrogen (secondary N) is 3. The zero-order chi connectivity index (χ0) is 20.6. The SMILES string of the molecule is Cn1ccnc1C1(CNC(=O)c2cnn(-c3ccc(F)cc3)n2)NC(=O)NC1=O. The first-order valence-corrected chi connectivity index (χ1v) is 8.47. The van der Waals surface area contributed by atoms with Gasteiger partial charge in [0.15, 0.2) is 11.2 Å². The molecule has 0 bridgehead atoms. The van der Waals surface area contributed by atoms with Crippen LogP contribution >= 0.6 is 0 Å². The summed E-state index contributed by atoms with van der Waals surface area (Å²) in [5.74, 6) is -1.39. The van der Waals surface area contributed by atoms with Crippen molar-refractivity contribution >= 4 is 17.8 Å². The maximum Gasteiger partial charge on any atom is 0.322 e. The number of aryl methyl sites for hydroxylation is 1. The average Bonchev–Trinajstić information content (AvgIpc) is 3.40. The van der Waals surface area contributed by atoms with E-state index in [1.807, 2.05) is 0 Å². The molecule has 3 heterocycles. The van der Waals surface area contributed by atoms with Gasteiger partial charge in [0.05, 0.1) is 18.4 Å². The number of carbonyl (C=O) groups is 3. The summed E-state index contributed by atoms with van der Waals surface area (Å²) in [6, 6.07) is 4.73. The second-order valence-electron chi connectivity index (χ2n) is 6.35. The van der Waals surface area contributed by atoms with Crippen LogP contribution in [0.4, 0.5) is 9.18 Å². The molecular formula is C17H15FN8O3. The normalized spacial score (nSPS) is 18.4. The Hall–Kier alpha value is -4.09. The van der Waals surface area contributed by atoms with Gasteiger partial charge in [-0.3, -0.25) is 14.9 Å². The van der Waals surface area contributed by atoms with E-state index in [0.29, 0.717) is 5.69 Å². The van der Waals surface area contributed by atoms with E-state index in [1.54, 1.807) is 17.8 Å². The average molecular weight is 398 g/mol. The fourth-order valence-electron chi connectivity index (χ4n) is 3.00. The molecule has 4 rings (SSSR count). The number of rotatable bonds is 5. The van der Waals surface area contributed by atoms with Crippen LogP contribution in [0, 0.1) is 5.82 Å². The molecule has 3 aromatic rings. The summed E-state index contributed by atoms with van der Waals surface area (Å²) in [5.41, 5.74) is -1.11. The lowest BCUT2D eigenvalue weighted by atomic mass is 9.98. The van der Waals surface area contributed by atoms with Crippen LogP contribution in [-0.2, 0) is 17.4 Å². The van der Waals surface area contributed by atoms with E-state index < -0.39 is 29.2 Å². The molecule has 12 heteroatoms. The Morgan fingerprint density at radius 1 is 1.28 bits per heavy atom. The van der Waals surface area contributed by atoms with Crippen molar-refractivity contribution < 1.29 is 18.8 Å². The number of halogens is 1. The molecule has 3 N–H and O–H groups in total. The fraction of sp³-hybridized carbons (Fsp3) is 0.176. The van der Waals surface area contributed by atoms with E-state index in [9.17, 15) is 18.8 Å². The maximum absolute atomic E-state index is 13.0. The van der Waals surface area contributed by atoms with Gasteiger partial charge in [0.1, 0.15) is 11.6 Å². The minimum atomic E-state index is -1.56. The number of hydrogen-bond acceptors (Lipinski definition) is 6. The summed E-state index contributed by atoms with van der Waals surface area (Å²) in [6.45, 7) is -0.252. The Labute approximate surface area is 162 Å². The Balaban J connectivity index is 1.54. The van der Waals surface area contributed by atoms with Crippen molar-refractivity contribution in [3.8, 4) is 5.69 Å². The molecule has 0 radical (unpaired) electrons. The summed E-state index contributed by atoms with van der Waals surface area (Å²) >= 11 is 0. The third-order valence-electron chi connectivity index (χ3n) is 4.44. The minimum Gasteiger partial charge on any atom is -0.347 e. The van der Waals surface area contributed by atoms with E-state index in [1.165, 1.54) is 41.5 Å². The molecule has 1 fully saturated rings. The summed E-state index contributed by atoms with van der Waals surface area (Å²) in [6.07, 6.45) is 4.33. The Bertz CT molecular complexity index is 1110. The summed E-state index contributed by atoms with van der Waals surface area (Å²) in [7, 11) is 1.66. The van der Waals surface area contributed by atoms with Crippen LogP contribution in [0.2, 0.25) is 0 Å². The van der Waals surface area contributed by atoms with Gasteiger partial charge < -0.3 is 15.2 Å². The fourth-order valence-corrected chi connectivity index (χ4v) is 3.00. The van der Waals surface area contributed by atoms with E-state index >= 15 is 0 Å². The van der Waals surface area contributed by atoms with Crippen molar-refractivity contribution in [3.05, 3.63) is 60.2 Å². The van der Waals surface area contributed by atoms with Gasteiger partial charge in [0.2, 0.25) is 0 Å². The predicted molar refractivity (Wildman–Crippen MR) is 95.2 cm³/mol. The number of hydrogen-bond donors (Lipinski definition) is 3. The highest BCUT2D eigenvalue weighted by molar-refractivity contribution is 6.07. The van der Waals surface area contributed by atoms with Crippen molar-refractivity contribution in [2.45, 2.75) is 5.54 Å². The van der Waals surface area contributed by atoms with Gasteiger partial charge in [0.25, 0.3) is 11.8 Å². The Morgan fingerprint density at radius 3 is 2.66 bits per heavy atom. The molecule has 0 spiro atoms. The van der Waals surface area contributed by atoms with Crippen LogP contribution in [0.5, 0.6) is 0 Å². The standard InChI is InChI=1S/C17H15FN8O3/c1-25-7-6-19-14(25)17(15(28)22-16(29)23-17)9-20-13(27)12-8-21-26(24-12)11-4-2-10(18)3-5-11/h2-8H,9H2,1H3,(H,20,27)(H2,22,23,28,29). The van der Waals surface area contributed by atoms with Crippen molar-refractivity contribution in [2.24, 2.45) is 7.05 Å². The summed E-state index contributed by atoms with van der Waals surface area (Å²) in [4.78, 5) is 42.0. The topological polar surface area (TPSA) is 136 Å². The molecule has 29 heavy (non-hydrogen) atoms. The zero-order valence-electron chi connectivity index (χ0n) is 15.1. The van der Waals surface area contributed by atoms with E-state index in [0.717, 1.165) is 0 Å². The van der Waals surface area contributed by atoms with Crippen LogP contribution in [0.1, 0.15) is 16.3 Å². The van der Waals surface area contributed by atoms with Crippen LogP contribution in [0.3, 0.4) is 0 Å². The maximum atomic E-state index is 13.0. The molecule has 11 nitrogen and oxygen atoms in total. The van der Waals surface area contributed by atoms with Crippen molar-refractivity contribution in [3.63, 3.8) is 0 Å². The quantitative estimate of drug-likeness (QED) is 0.501. The smallest absolute Gasteiger partial charge is 0.322 e. The van der Waals surface area contributed by atoms with Crippen LogP contribution in [0.15, 0.2) is 42.9 Å². The largest absolute Gasteiger partial charge is 0.347 e. The van der Waals surface area contributed by atoms with E-state index in [2.05, 4.69) is 31.1 Å². The molecule has 1 unspecified atom stereocenters. The van der Waals surface area contributed by atoms with Gasteiger partial charge in [-0.25, -0.2) is 14.2 Å². The second kappa shape index (κ2) is 6.82. The third-order valence-corrected chi connectivity index (χ3v) is 4.44. The number of amides is 4. The Morgan fingerprint density at radius 2 is 2.03 bits per heavy atom. The van der Waals surface area contributed by atoms with Crippen molar-refractivity contribution in [1.29, 1.82) is 0 Å². The summed E-state index contributed by atoms with van der Waals surface area (Å²) in [5, 5.41) is 15.3. The van der Waals surface area contributed by atoms with Crippen LogP contribution in [0.25, 0.3) is 5.69 Å². The molecule has 0 saturated carbocycles. The lowest BCUT2D eigenvalue weighted by Crippen LogP contribution is -2.54. The molecule has 1 aliphatic rings. The minimum absolute atomic E-state index is 0.0194. The molecule has 1 aromatic carbocycles. The van der Waals surface area contributed by atoms with Crippen LogP contribution in [-0.4, -0.2) is 48.9 Å². The molecule has 1 saturated heterocycles. The van der Waals surface area contributed by atoms with Crippen molar-refractivity contribution in [1.82, 2.24) is 40.5 Å². The molecule has 1 atom stereocenters. The van der Waals surface area contributed by atoms with Crippen LogP contribution < -0.4 is 16.0 Å². The molecule has 0 aliphatic carbocycles. The monoisotopic (exact) mass is 398 g/mol. The number of nitrogens with zero attached hydrogens (tertiary/aromatic N) is 5.